The first-order chi connectivity index (χ1) is 12.6. The van der Waals surface area contributed by atoms with Gasteiger partial charge in [0.2, 0.25) is 0 Å². The molecule has 1 N–H and O–H groups in total. The second kappa shape index (κ2) is 8.64. The lowest BCUT2D eigenvalue weighted by molar-refractivity contribution is -0.143. The second-order valence-corrected chi connectivity index (χ2v) is 7.49. The third-order valence-corrected chi connectivity index (χ3v) is 5.49. The van der Waals surface area contributed by atoms with Crippen molar-refractivity contribution in [3.05, 3.63) is 58.3 Å². The number of ether oxygens (including phenoxy) is 1. The second-order valence-electron chi connectivity index (χ2n) is 6.58. The Morgan fingerprint density at radius 2 is 2.12 bits per heavy atom. The maximum absolute atomic E-state index is 11.3. The Morgan fingerprint density at radius 1 is 1.35 bits per heavy atom. The highest BCUT2D eigenvalue weighted by molar-refractivity contribution is 9.10. The molecule has 0 aliphatic carbocycles. The molecule has 1 aliphatic rings. The molecule has 3 rings (SSSR count). The van der Waals surface area contributed by atoms with Gasteiger partial charge in [0.25, 0.3) is 0 Å². The van der Waals surface area contributed by atoms with Crippen molar-refractivity contribution in [3.8, 4) is 5.75 Å². The number of benzene rings is 1. The predicted octanol–water partition coefficient (Wildman–Crippen LogP) is 3.93. The van der Waals surface area contributed by atoms with Crippen LogP contribution in [0.5, 0.6) is 5.75 Å². The molecule has 1 saturated heterocycles. The molecule has 5 nitrogen and oxygen atoms in total. The summed E-state index contributed by atoms with van der Waals surface area (Å²) in [6, 6.07) is 12.1. The summed E-state index contributed by atoms with van der Waals surface area (Å²) in [4.78, 5) is 18.1. The van der Waals surface area contributed by atoms with E-state index in [9.17, 15) is 9.90 Å². The number of pyridine rings is 1. The molecule has 0 spiro atoms. The molecule has 26 heavy (non-hydrogen) atoms. The number of carboxylic acid groups (broad SMARTS) is 1. The van der Waals surface area contributed by atoms with Crippen molar-refractivity contribution in [1.82, 2.24) is 9.88 Å². The lowest BCUT2D eigenvalue weighted by Crippen LogP contribution is -2.39. The molecule has 0 radical (unpaired) electrons. The summed E-state index contributed by atoms with van der Waals surface area (Å²) in [5.74, 6) is -0.0911. The van der Waals surface area contributed by atoms with Crippen LogP contribution in [-0.4, -0.2) is 41.2 Å². The minimum atomic E-state index is -0.689. The fourth-order valence-corrected chi connectivity index (χ4v) is 3.96. The van der Waals surface area contributed by atoms with Gasteiger partial charge in [-0.2, -0.15) is 0 Å². The van der Waals surface area contributed by atoms with Gasteiger partial charge in [0, 0.05) is 34.4 Å². The average molecular weight is 419 g/mol. The van der Waals surface area contributed by atoms with Crippen molar-refractivity contribution >= 4 is 21.9 Å². The van der Waals surface area contributed by atoms with Crippen molar-refractivity contribution in [2.24, 2.45) is 5.92 Å². The molecule has 1 fully saturated rings. The van der Waals surface area contributed by atoms with E-state index < -0.39 is 5.97 Å². The minimum Gasteiger partial charge on any atom is -0.496 e. The molecule has 1 atom stereocenters. The summed E-state index contributed by atoms with van der Waals surface area (Å²) in [7, 11) is 1.68. The van der Waals surface area contributed by atoms with Crippen LogP contribution in [0.3, 0.4) is 0 Å². The van der Waals surface area contributed by atoms with Crippen molar-refractivity contribution in [3.63, 3.8) is 0 Å². The molecule has 1 aliphatic heterocycles. The van der Waals surface area contributed by atoms with E-state index in [0.717, 1.165) is 41.0 Å². The van der Waals surface area contributed by atoms with Gasteiger partial charge in [-0.25, -0.2) is 0 Å². The number of hydrogen-bond donors (Lipinski definition) is 1. The van der Waals surface area contributed by atoms with Gasteiger partial charge in [0.05, 0.1) is 13.0 Å². The molecule has 0 amide bonds. The van der Waals surface area contributed by atoms with E-state index in [1.54, 1.807) is 13.3 Å². The molecular weight excluding hydrogens is 396 g/mol. The fourth-order valence-electron chi connectivity index (χ4n) is 3.58. The Balaban J connectivity index is 1.90. The maximum Gasteiger partial charge on any atom is 0.306 e. The highest BCUT2D eigenvalue weighted by atomic mass is 79.9. The lowest BCUT2D eigenvalue weighted by atomic mass is 9.92. The molecule has 2 aromatic rings. The number of likely N-dealkylation sites (tertiary alicyclic amines) is 1. The number of methoxy groups -OCH3 is 1. The number of carbonyl (C=O) groups is 1. The zero-order chi connectivity index (χ0) is 18.5. The molecule has 6 heteroatoms. The van der Waals surface area contributed by atoms with E-state index in [1.807, 2.05) is 30.3 Å². The first-order valence-electron chi connectivity index (χ1n) is 8.78. The lowest BCUT2D eigenvalue weighted by Gasteiger charge is -2.37. The Hall–Kier alpha value is -1.92. The first-order valence-corrected chi connectivity index (χ1v) is 9.58. The van der Waals surface area contributed by atoms with E-state index in [4.69, 9.17) is 4.74 Å². The molecule has 138 valence electrons. The number of hydrogen-bond acceptors (Lipinski definition) is 4. The summed E-state index contributed by atoms with van der Waals surface area (Å²) >= 11 is 3.56. The molecular formula is C20H23BrN2O3. The molecule has 1 aromatic carbocycles. The van der Waals surface area contributed by atoms with Gasteiger partial charge in [-0.15, -0.1) is 0 Å². The fraction of sp³-hybridized carbons (Fsp3) is 0.400. The summed E-state index contributed by atoms with van der Waals surface area (Å²) in [5, 5.41) is 9.28. The topological polar surface area (TPSA) is 62.7 Å². The highest BCUT2D eigenvalue weighted by Gasteiger charge is 2.31. The zero-order valence-electron chi connectivity index (χ0n) is 14.8. The number of rotatable bonds is 6. The van der Waals surface area contributed by atoms with E-state index in [2.05, 4.69) is 31.9 Å². The maximum atomic E-state index is 11.3. The number of aliphatic carboxylic acids is 1. The van der Waals surface area contributed by atoms with Gasteiger partial charge in [-0.1, -0.05) is 22.0 Å². The molecule has 0 saturated carbocycles. The van der Waals surface area contributed by atoms with Crippen LogP contribution in [0.15, 0.2) is 47.1 Å². The van der Waals surface area contributed by atoms with Crippen molar-refractivity contribution in [2.75, 3.05) is 20.2 Å². The van der Waals surface area contributed by atoms with Crippen LogP contribution < -0.4 is 4.74 Å². The van der Waals surface area contributed by atoms with Crippen molar-refractivity contribution in [2.45, 2.75) is 25.3 Å². The van der Waals surface area contributed by atoms with Gasteiger partial charge < -0.3 is 9.84 Å². The minimum absolute atomic E-state index is 0.0899. The van der Waals surface area contributed by atoms with Crippen LogP contribution in [0.25, 0.3) is 0 Å². The standard InChI is InChI=1S/C20H23BrN2O3/c1-26-19-6-5-15(21)12-17(19)18(13-16-4-2-3-9-22-16)23-10-7-14(8-11-23)20(24)25/h2-6,9,12,14,18H,7-8,10-11,13H2,1H3,(H,24,25). The van der Waals surface area contributed by atoms with E-state index >= 15 is 0 Å². The third kappa shape index (κ3) is 4.43. The molecule has 1 aromatic heterocycles. The van der Waals surface area contributed by atoms with Gasteiger partial charge in [0.15, 0.2) is 0 Å². The number of carboxylic acids is 1. The van der Waals surface area contributed by atoms with Gasteiger partial charge >= 0.3 is 5.97 Å². The Morgan fingerprint density at radius 3 is 2.73 bits per heavy atom. The average Bonchev–Trinajstić information content (AvgIpc) is 2.67. The molecule has 2 heterocycles. The van der Waals surface area contributed by atoms with Crippen LogP contribution in [-0.2, 0) is 11.2 Å². The van der Waals surface area contributed by atoms with Crippen LogP contribution in [0.2, 0.25) is 0 Å². The normalized spacial score (nSPS) is 17.0. The number of piperidine rings is 1. The summed E-state index contributed by atoms with van der Waals surface area (Å²) in [6.07, 6.45) is 3.90. The highest BCUT2D eigenvalue weighted by Crippen LogP contribution is 2.36. The Bertz CT molecular complexity index is 746. The summed E-state index contributed by atoms with van der Waals surface area (Å²) in [5.41, 5.74) is 2.11. The van der Waals surface area contributed by atoms with Gasteiger partial charge in [-0.05, 0) is 56.3 Å². The Kier molecular flexibility index (Phi) is 6.27. The number of nitrogens with zero attached hydrogens (tertiary/aromatic N) is 2. The monoisotopic (exact) mass is 418 g/mol. The van der Waals surface area contributed by atoms with E-state index in [0.29, 0.717) is 12.8 Å². The largest absolute Gasteiger partial charge is 0.496 e. The van der Waals surface area contributed by atoms with E-state index in [-0.39, 0.29) is 12.0 Å². The van der Waals surface area contributed by atoms with Crippen molar-refractivity contribution in [1.29, 1.82) is 0 Å². The number of aromatic nitrogens is 1. The zero-order valence-corrected chi connectivity index (χ0v) is 16.4. The predicted molar refractivity (Wildman–Crippen MR) is 103 cm³/mol. The quantitative estimate of drug-likeness (QED) is 0.769. The van der Waals surface area contributed by atoms with Crippen LogP contribution in [0.1, 0.15) is 30.1 Å². The Labute approximate surface area is 162 Å². The van der Waals surface area contributed by atoms with Crippen LogP contribution >= 0.6 is 15.9 Å². The SMILES string of the molecule is COc1ccc(Br)cc1C(Cc1ccccn1)N1CCC(C(=O)O)CC1. The van der Waals surface area contributed by atoms with Gasteiger partial charge in [0.1, 0.15) is 5.75 Å². The number of halogens is 1. The summed E-state index contributed by atoms with van der Waals surface area (Å²) in [6.45, 7) is 1.51. The van der Waals surface area contributed by atoms with Crippen molar-refractivity contribution < 1.29 is 14.6 Å². The summed E-state index contributed by atoms with van der Waals surface area (Å²) < 4.78 is 6.61. The van der Waals surface area contributed by atoms with Crippen LogP contribution in [0.4, 0.5) is 0 Å². The molecule has 0 bridgehead atoms. The molecule has 1 unspecified atom stereocenters. The van der Waals surface area contributed by atoms with E-state index in [1.165, 1.54) is 0 Å². The van der Waals surface area contributed by atoms with Crippen LogP contribution in [0, 0.1) is 5.92 Å². The third-order valence-electron chi connectivity index (χ3n) is 5.00. The smallest absolute Gasteiger partial charge is 0.306 e. The van der Waals surface area contributed by atoms with Gasteiger partial charge in [-0.3, -0.25) is 14.7 Å². The first kappa shape index (κ1) is 18.9.